The SMILES string of the molecule is COc1ccc(N2CCCN(C(=O)c3ccc(S(=O)(=O)N(C)C4CCCCC4)cc3)CC2)cc1. The number of methoxy groups -OCH3 is 1. The van der Waals surface area contributed by atoms with Gasteiger partial charge in [0.05, 0.1) is 12.0 Å². The average molecular weight is 486 g/mol. The molecule has 4 rings (SSSR count). The fourth-order valence-electron chi connectivity index (χ4n) is 4.93. The van der Waals surface area contributed by atoms with Gasteiger partial charge in [0.15, 0.2) is 0 Å². The minimum Gasteiger partial charge on any atom is -0.497 e. The van der Waals surface area contributed by atoms with Gasteiger partial charge in [0.2, 0.25) is 10.0 Å². The van der Waals surface area contributed by atoms with Gasteiger partial charge in [-0.1, -0.05) is 19.3 Å². The summed E-state index contributed by atoms with van der Waals surface area (Å²) in [4.78, 5) is 17.5. The Morgan fingerprint density at radius 3 is 2.21 bits per heavy atom. The van der Waals surface area contributed by atoms with Crippen LogP contribution in [0.2, 0.25) is 0 Å². The van der Waals surface area contributed by atoms with Crippen LogP contribution in [0.5, 0.6) is 5.75 Å². The summed E-state index contributed by atoms with van der Waals surface area (Å²) in [6.07, 6.45) is 6.02. The summed E-state index contributed by atoms with van der Waals surface area (Å²) in [6.45, 7) is 2.92. The van der Waals surface area contributed by atoms with Crippen LogP contribution in [-0.2, 0) is 10.0 Å². The lowest BCUT2D eigenvalue weighted by molar-refractivity contribution is 0.0767. The highest BCUT2D eigenvalue weighted by Gasteiger charge is 2.29. The number of benzene rings is 2. The van der Waals surface area contributed by atoms with Crippen LogP contribution < -0.4 is 9.64 Å². The molecular weight excluding hydrogens is 450 g/mol. The third kappa shape index (κ3) is 5.39. The summed E-state index contributed by atoms with van der Waals surface area (Å²) < 4.78 is 32.9. The first-order valence-corrected chi connectivity index (χ1v) is 13.6. The second kappa shape index (κ2) is 10.8. The predicted molar refractivity (Wildman–Crippen MR) is 134 cm³/mol. The Hall–Kier alpha value is -2.58. The predicted octanol–water partition coefficient (Wildman–Crippen LogP) is 4.00. The number of anilines is 1. The Labute approximate surface area is 203 Å². The summed E-state index contributed by atoms with van der Waals surface area (Å²) in [6, 6.07) is 14.5. The maximum Gasteiger partial charge on any atom is 0.253 e. The zero-order valence-corrected chi connectivity index (χ0v) is 21.0. The Balaban J connectivity index is 1.40. The molecule has 1 saturated heterocycles. The van der Waals surface area contributed by atoms with Crippen LogP contribution >= 0.6 is 0 Å². The number of carbonyl (C=O) groups excluding carboxylic acids is 1. The molecular formula is C26H35N3O4S. The summed E-state index contributed by atoms with van der Waals surface area (Å²) in [5, 5.41) is 0. The van der Waals surface area contributed by atoms with E-state index in [2.05, 4.69) is 4.90 Å². The van der Waals surface area contributed by atoms with Crippen LogP contribution in [0.3, 0.4) is 0 Å². The average Bonchev–Trinajstić information content (AvgIpc) is 3.15. The first-order valence-electron chi connectivity index (χ1n) is 12.2. The molecule has 34 heavy (non-hydrogen) atoms. The standard InChI is InChI=1S/C26H35N3O4S/c1-27(22-7-4-3-5-8-22)34(31,32)25-15-9-21(10-16-25)26(30)29-18-6-17-28(19-20-29)23-11-13-24(33-2)14-12-23/h9-16,22H,3-8,17-20H2,1-2H3. The van der Waals surface area contributed by atoms with Gasteiger partial charge in [-0.05, 0) is 67.8 Å². The van der Waals surface area contributed by atoms with Crippen molar-refractivity contribution < 1.29 is 17.9 Å². The van der Waals surface area contributed by atoms with Crippen molar-refractivity contribution in [2.45, 2.75) is 49.5 Å². The summed E-state index contributed by atoms with van der Waals surface area (Å²) in [7, 11) is -0.231. The molecule has 0 unspecified atom stereocenters. The second-order valence-corrected chi connectivity index (χ2v) is 11.2. The minimum atomic E-state index is -3.56. The molecule has 2 aromatic carbocycles. The van der Waals surface area contributed by atoms with Crippen LogP contribution in [0.25, 0.3) is 0 Å². The van der Waals surface area contributed by atoms with E-state index < -0.39 is 10.0 Å². The summed E-state index contributed by atoms with van der Waals surface area (Å²) in [5.41, 5.74) is 1.64. The number of carbonyl (C=O) groups is 1. The second-order valence-electron chi connectivity index (χ2n) is 9.17. The van der Waals surface area contributed by atoms with Crippen LogP contribution in [-0.4, -0.2) is 69.9 Å². The monoisotopic (exact) mass is 485 g/mol. The molecule has 0 spiro atoms. The van der Waals surface area contributed by atoms with Gasteiger partial charge in [-0.3, -0.25) is 4.79 Å². The van der Waals surface area contributed by atoms with E-state index >= 15 is 0 Å². The molecule has 2 fully saturated rings. The van der Waals surface area contributed by atoms with Gasteiger partial charge in [0.1, 0.15) is 5.75 Å². The third-order valence-electron chi connectivity index (χ3n) is 7.09. The van der Waals surface area contributed by atoms with Crippen LogP contribution in [0.15, 0.2) is 53.4 Å². The largest absolute Gasteiger partial charge is 0.497 e. The highest BCUT2D eigenvalue weighted by atomic mass is 32.2. The van der Waals surface area contributed by atoms with Gasteiger partial charge in [0.25, 0.3) is 5.91 Å². The Kier molecular flexibility index (Phi) is 7.78. The lowest BCUT2D eigenvalue weighted by Crippen LogP contribution is -2.38. The van der Waals surface area contributed by atoms with E-state index in [1.165, 1.54) is 10.7 Å². The van der Waals surface area contributed by atoms with Gasteiger partial charge in [-0.25, -0.2) is 8.42 Å². The normalized spacial score (nSPS) is 18.1. The molecule has 0 aromatic heterocycles. The highest BCUT2D eigenvalue weighted by Crippen LogP contribution is 2.27. The Morgan fingerprint density at radius 2 is 1.56 bits per heavy atom. The smallest absolute Gasteiger partial charge is 0.253 e. The molecule has 1 saturated carbocycles. The maximum atomic E-state index is 13.2. The highest BCUT2D eigenvalue weighted by molar-refractivity contribution is 7.89. The Bertz CT molecular complexity index is 1060. The molecule has 2 aromatic rings. The van der Waals surface area contributed by atoms with Crippen LogP contribution in [0.4, 0.5) is 5.69 Å². The summed E-state index contributed by atoms with van der Waals surface area (Å²) in [5.74, 6) is 0.770. The number of nitrogens with zero attached hydrogens (tertiary/aromatic N) is 3. The number of amides is 1. The summed E-state index contributed by atoms with van der Waals surface area (Å²) >= 11 is 0. The molecule has 7 nitrogen and oxygen atoms in total. The van der Waals surface area contributed by atoms with Gasteiger partial charge in [0, 0.05) is 50.5 Å². The van der Waals surface area contributed by atoms with E-state index in [0.29, 0.717) is 18.7 Å². The topological polar surface area (TPSA) is 70.2 Å². The van der Waals surface area contributed by atoms with Crippen molar-refractivity contribution in [3.8, 4) is 5.75 Å². The molecule has 1 aliphatic heterocycles. The minimum absolute atomic E-state index is 0.0545. The van der Waals surface area contributed by atoms with Crippen molar-refractivity contribution in [2.75, 3.05) is 45.2 Å². The van der Waals surface area contributed by atoms with E-state index in [1.54, 1.807) is 38.4 Å². The van der Waals surface area contributed by atoms with Crippen molar-refractivity contribution in [2.24, 2.45) is 0 Å². The lowest BCUT2D eigenvalue weighted by Gasteiger charge is -2.30. The fourth-order valence-corrected chi connectivity index (χ4v) is 6.35. The van der Waals surface area contributed by atoms with E-state index in [9.17, 15) is 13.2 Å². The molecule has 1 aliphatic carbocycles. The van der Waals surface area contributed by atoms with E-state index in [0.717, 1.165) is 56.6 Å². The molecule has 2 aliphatic rings. The number of hydrogen-bond acceptors (Lipinski definition) is 5. The fraction of sp³-hybridized carbons (Fsp3) is 0.500. The quantitative estimate of drug-likeness (QED) is 0.619. The van der Waals surface area contributed by atoms with Crippen LogP contribution in [0, 0.1) is 0 Å². The zero-order chi connectivity index (χ0) is 24.1. The van der Waals surface area contributed by atoms with Crippen molar-refractivity contribution in [3.63, 3.8) is 0 Å². The molecule has 8 heteroatoms. The third-order valence-corrected chi connectivity index (χ3v) is 9.01. The first kappa shape index (κ1) is 24.5. The van der Waals surface area contributed by atoms with E-state index in [1.807, 2.05) is 29.2 Å². The lowest BCUT2D eigenvalue weighted by atomic mass is 9.96. The van der Waals surface area contributed by atoms with Crippen molar-refractivity contribution in [1.82, 2.24) is 9.21 Å². The van der Waals surface area contributed by atoms with Crippen molar-refractivity contribution >= 4 is 21.6 Å². The van der Waals surface area contributed by atoms with E-state index in [-0.39, 0.29) is 16.8 Å². The molecule has 1 amide bonds. The number of ether oxygens (including phenoxy) is 1. The van der Waals surface area contributed by atoms with Gasteiger partial charge in [-0.15, -0.1) is 0 Å². The number of sulfonamides is 1. The first-order chi connectivity index (χ1) is 16.4. The molecule has 0 atom stereocenters. The van der Waals surface area contributed by atoms with Crippen molar-refractivity contribution in [1.29, 1.82) is 0 Å². The van der Waals surface area contributed by atoms with E-state index in [4.69, 9.17) is 4.74 Å². The molecule has 0 radical (unpaired) electrons. The molecule has 1 heterocycles. The zero-order valence-electron chi connectivity index (χ0n) is 20.2. The van der Waals surface area contributed by atoms with Crippen molar-refractivity contribution in [3.05, 3.63) is 54.1 Å². The molecule has 0 N–H and O–H groups in total. The number of hydrogen-bond donors (Lipinski definition) is 0. The maximum absolute atomic E-state index is 13.2. The molecule has 184 valence electrons. The Morgan fingerprint density at radius 1 is 0.882 bits per heavy atom. The van der Waals surface area contributed by atoms with Gasteiger partial charge >= 0.3 is 0 Å². The molecule has 0 bridgehead atoms. The van der Waals surface area contributed by atoms with Gasteiger partial charge < -0.3 is 14.5 Å². The number of rotatable bonds is 6. The van der Waals surface area contributed by atoms with Crippen LogP contribution in [0.1, 0.15) is 48.9 Å². The van der Waals surface area contributed by atoms with Gasteiger partial charge in [-0.2, -0.15) is 4.31 Å².